The van der Waals surface area contributed by atoms with Gasteiger partial charge in [-0.1, -0.05) is 75.2 Å². The van der Waals surface area contributed by atoms with Gasteiger partial charge in [0, 0.05) is 5.33 Å². The summed E-state index contributed by atoms with van der Waals surface area (Å²) in [7, 11) is 0. The van der Waals surface area contributed by atoms with Crippen LogP contribution in [0.1, 0.15) is 72.1 Å². The van der Waals surface area contributed by atoms with Crippen molar-refractivity contribution in [3.05, 3.63) is 0 Å². The summed E-state index contributed by atoms with van der Waals surface area (Å²) in [6.45, 7) is 6.99. The first-order valence-electron chi connectivity index (χ1n) is 6.24. The van der Waals surface area contributed by atoms with Gasteiger partial charge in [0.15, 0.2) is 0 Å². The molecule has 0 N–H and O–H groups in total. The lowest BCUT2D eigenvalue weighted by Crippen LogP contribution is -2.17. The number of unbranched alkanes of at least 4 members (excludes halogenated alkanes) is 4. The van der Waals surface area contributed by atoms with Gasteiger partial charge >= 0.3 is 0 Å². The number of rotatable bonds is 9. The first-order chi connectivity index (χ1) is 6.68. The number of hydrogen-bond donors (Lipinski definition) is 0. The molecule has 86 valence electrons. The molecule has 0 nitrogen and oxygen atoms in total. The van der Waals surface area contributed by atoms with Crippen molar-refractivity contribution in [2.24, 2.45) is 5.41 Å². The molecule has 0 aliphatic carbocycles. The molecule has 0 bridgehead atoms. The van der Waals surface area contributed by atoms with Crippen LogP contribution in [0.5, 0.6) is 0 Å². The van der Waals surface area contributed by atoms with Crippen LogP contribution in [0.2, 0.25) is 0 Å². The van der Waals surface area contributed by atoms with E-state index in [4.69, 9.17) is 0 Å². The number of alkyl halides is 1. The van der Waals surface area contributed by atoms with E-state index in [9.17, 15) is 0 Å². The zero-order chi connectivity index (χ0) is 10.9. The molecule has 0 aliphatic heterocycles. The van der Waals surface area contributed by atoms with Crippen LogP contribution in [-0.2, 0) is 0 Å². The van der Waals surface area contributed by atoms with Gasteiger partial charge in [0.25, 0.3) is 0 Å². The van der Waals surface area contributed by atoms with E-state index in [-0.39, 0.29) is 0 Å². The Morgan fingerprint density at radius 2 is 1.50 bits per heavy atom. The Hall–Kier alpha value is 0.480. The van der Waals surface area contributed by atoms with Crippen LogP contribution in [0.25, 0.3) is 0 Å². The largest absolute Gasteiger partial charge is 0.0922 e. The molecule has 1 unspecified atom stereocenters. The molecule has 0 radical (unpaired) electrons. The van der Waals surface area contributed by atoms with Gasteiger partial charge in [-0.2, -0.15) is 0 Å². The van der Waals surface area contributed by atoms with Crippen LogP contribution in [0.4, 0.5) is 0 Å². The molecule has 14 heavy (non-hydrogen) atoms. The maximum atomic E-state index is 3.66. The van der Waals surface area contributed by atoms with E-state index in [1.54, 1.807) is 0 Å². The summed E-state index contributed by atoms with van der Waals surface area (Å²) in [6.07, 6.45) is 11.1. The van der Waals surface area contributed by atoms with Crippen LogP contribution >= 0.6 is 15.9 Å². The van der Waals surface area contributed by atoms with Gasteiger partial charge < -0.3 is 0 Å². The molecule has 1 atom stereocenters. The van der Waals surface area contributed by atoms with Crippen LogP contribution in [0.3, 0.4) is 0 Å². The van der Waals surface area contributed by atoms with Crippen LogP contribution in [0, 0.1) is 5.41 Å². The van der Waals surface area contributed by atoms with Gasteiger partial charge in [0.1, 0.15) is 0 Å². The van der Waals surface area contributed by atoms with Crippen molar-refractivity contribution in [1.29, 1.82) is 0 Å². The number of hydrogen-bond acceptors (Lipinski definition) is 0. The second-order valence-corrected chi connectivity index (χ2v) is 5.42. The Labute approximate surface area is 99.0 Å². The summed E-state index contributed by atoms with van der Waals surface area (Å²) in [5.41, 5.74) is 0.557. The normalized spacial score (nSPS) is 15.4. The topological polar surface area (TPSA) is 0 Å². The fourth-order valence-electron chi connectivity index (χ4n) is 2.02. The summed E-state index contributed by atoms with van der Waals surface area (Å²) >= 11 is 3.66. The van der Waals surface area contributed by atoms with E-state index >= 15 is 0 Å². The standard InChI is InChI=1S/C13H27Br/c1-4-6-7-8-9-11-13(3,12-14)10-5-2/h4-12H2,1-3H3. The molecule has 1 heteroatoms. The lowest BCUT2D eigenvalue weighted by Gasteiger charge is -2.26. The Bertz CT molecular complexity index is 122. The zero-order valence-corrected chi connectivity index (χ0v) is 11.8. The molecule has 0 aliphatic rings. The summed E-state index contributed by atoms with van der Waals surface area (Å²) in [6, 6.07) is 0. The van der Waals surface area contributed by atoms with Crippen molar-refractivity contribution in [3.8, 4) is 0 Å². The highest BCUT2D eigenvalue weighted by Crippen LogP contribution is 2.32. The number of halogens is 1. The average molecular weight is 263 g/mol. The molecule has 0 spiro atoms. The lowest BCUT2D eigenvalue weighted by atomic mass is 9.82. The smallest absolute Gasteiger partial charge is 0.00853 e. The maximum absolute atomic E-state index is 3.66. The van der Waals surface area contributed by atoms with Crippen molar-refractivity contribution in [2.45, 2.75) is 72.1 Å². The maximum Gasteiger partial charge on any atom is 0.00853 e. The minimum absolute atomic E-state index is 0.557. The molecule has 0 fully saturated rings. The van der Waals surface area contributed by atoms with Crippen LogP contribution < -0.4 is 0 Å². The Kier molecular flexibility index (Phi) is 9.06. The molecule has 0 aromatic rings. The second-order valence-electron chi connectivity index (χ2n) is 4.86. The average Bonchev–Trinajstić information content (AvgIpc) is 2.18. The van der Waals surface area contributed by atoms with Gasteiger partial charge in [-0.3, -0.25) is 0 Å². The Balaban J connectivity index is 3.51. The van der Waals surface area contributed by atoms with E-state index < -0.39 is 0 Å². The summed E-state index contributed by atoms with van der Waals surface area (Å²) in [5.74, 6) is 0. The highest BCUT2D eigenvalue weighted by atomic mass is 79.9. The second kappa shape index (κ2) is 8.76. The molecule has 0 amide bonds. The fourth-order valence-corrected chi connectivity index (χ4v) is 2.58. The molecule has 0 saturated carbocycles. The van der Waals surface area contributed by atoms with Gasteiger partial charge in [0.2, 0.25) is 0 Å². The van der Waals surface area contributed by atoms with Gasteiger partial charge in [-0.25, -0.2) is 0 Å². The molecular formula is C13H27Br. The van der Waals surface area contributed by atoms with E-state index in [1.165, 1.54) is 56.7 Å². The SMILES string of the molecule is CCCCCCCC(C)(CBr)CCC. The highest BCUT2D eigenvalue weighted by molar-refractivity contribution is 9.09. The molecule has 0 saturated heterocycles. The van der Waals surface area contributed by atoms with Crippen molar-refractivity contribution in [1.82, 2.24) is 0 Å². The third-order valence-corrected chi connectivity index (χ3v) is 4.41. The van der Waals surface area contributed by atoms with Crippen molar-refractivity contribution in [3.63, 3.8) is 0 Å². The predicted octanol–water partition coefficient (Wildman–Crippen LogP) is 5.55. The van der Waals surface area contributed by atoms with Crippen LogP contribution in [-0.4, -0.2) is 5.33 Å². The third kappa shape index (κ3) is 6.86. The summed E-state index contributed by atoms with van der Waals surface area (Å²) in [4.78, 5) is 0. The quantitative estimate of drug-likeness (QED) is 0.378. The zero-order valence-electron chi connectivity index (χ0n) is 10.2. The molecular weight excluding hydrogens is 236 g/mol. The summed E-state index contributed by atoms with van der Waals surface area (Å²) in [5, 5.41) is 1.17. The predicted molar refractivity (Wildman–Crippen MR) is 70.2 cm³/mol. The Morgan fingerprint density at radius 3 is 2.00 bits per heavy atom. The fraction of sp³-hybridized carbons (Fsp3) is 1.00. The highest BCUT2D eigenvalue weighted by Gasteiger charge is 2.20. The van der Waals surface area contributed by atoms with Crippen molar-refractivity contribution in [2.75, 3.05) is 5.33 Å². The van der Waals surface area contributed by atoms with Crippen molar-refractivity contribution >= 4 is 15.9 Å². The van der Waals surface area contributed by atoms with E-state index in [2.05, 4.69) is 36.7 Å². The van der Waals surface area contributed by atoms with E-state index in [1.807, 2.05) is 0 Å². The monoisotopic (exact) mass is 262 g/mol. The van der Waals surface area contributed by atoms with Gasteiger partial charge in [0.05, 0.1) is 0 Å². The lowest BCUT2D eigenvalue weighted by molar-refractivity contribution is 0.301. The Morgan fingerprint density at radius 1 is 0.857 bits per heavy atom. The first kappa shape index (κ1) is 14.5. The molecule has 0 heterocycles. The van der Waals surface area contributed by atoms with Crippen LogP contribution in [0.15, 0.2) is 0 Å². The molecule has 0 rings (SSSR count). The minimum atomic E-state index is 0.557. The van der Waals surface area contributed by atoms with E-state index in [0.717, 1.165) is 0 Å². The van der Waals surface area contributed by atoms with E-state index in [0.29, 0.717) is 5.41 Å². The van der Waals surface area contributed by atoms with Gasteiger partial charge in [-0.05, 0) is 18.3 Å². The van der Waals surface area contributed by atoms with Crippen molar-refractivity contribution < 1.29 is 0 Å². The molecule has 0 aromatic heterocycles. The summed E-state index contributed by atoms with van der Waals surface area (Å²) < 4.78 is 0. The minimum Gasteiger partial charge on any atom is -0.0922 e. The first-order valence-corrected chi connectivity index (χ1v) is 7.36. The molecule has 0 aromatic carbocycles. The third-order valence-electron chi connectivity index (χ3n) is 3.06. The van der Waals surface area contributed by atoms with Gasteiger partial charge in [-0.15, -0.1) is 0 Å².